The van der Waals surface area contributed by atoms with Crippen molar-refractivity contribution in [1.82, 2.24) is 19.9 Å². The number of fused-ring (bicyclic) bond motifs is 1. The summed E-state index contributed by atoms with van der Waals surface area (Å²) in [4.78, 5) is 38.2. The predicted octanol–water partition coefficient (Wildman–Crippen LogP) is 3.19. The topological polar surface area (TPSA) is 79.0 Å². The van der Waals surface area contributed by atoms with Crippen molar-refractivity contribution in [3.05, 3.63) is 66.6 Å². The molecule has 0 saturated heterocycles. The highest BCUT2D eigenvalue weighted by molar-refractivity contribution is 7.09. The first-order valence-corrected chi connectivity index (χ1v) is 9.47. The van der Waals surface area contributed by atoms with E-state index in [9.17, 15) is 14.0 Å². The Morgan fingerprint density at radius 3 is 2.93 bits per heavy atom. The summed E-state index contributed by atoms with van der Waals surface area (Å²) in [6.45, 7) is 2.28. The third-order valence-electron chi connectivity index (χ3n) is 4.40. The molecule has 3 heterocycles. The van der Waals surface area contributed by atoms with Gasteiger partial charge in [-0.25, -0.2) is 14.4 Å². The molecule has 138 valence electrons. The number of carbonyl (C=O) groups excluding carboxylic acids is 1. The van der Waals surface area contributed by atoms with E-state index >= 15 is 0 Å². The molecule has 1 amide bonds. The molecule has 6 nitrogen and oxygen atoms in total. The molecule has 4 rings (SSSR count). The Hall–Kier alpha value is -2.58. The van der Waals surface area contributed by atoms with Crippen molar-refractivity contribution in [2.45, 2.75) is 19.9 Å². The van der Waals surface area contributed by atoms with E-state index in [1.165, 1.54) is 34.4 Å². The summed E-state index contributed by atoms with van der Waals surface area (Å²) in [7, 11) is 0. The van der Waals surface area contributed by atoms with Gasteiger partial charge in [-0.2, -0.15) is 0 Å². The normalized spacial score (nSPS) is 13.5. The van der Waals surface area contributed by atoms with Crippen LogP contribution in [0, 0.1) is 12.7 Å². The average molecular weight is 405 g/mol. The van der Waals surface area contributed by atoms with Crippen molar-refractivity contribution < 1.29 is 9.18 Å². The Morgan fingerprint density at radius 2 is 2.19 bits per heavy atom. The number of halogens is 2. The smallest absolute Gasteiger partial charge is 0.257 e. The first-order valence-electron chi connectivity index (χ1n) is 8.22. The number of nitrogens with one attached hydrogen (secondary N) is 1. The maximum absolute atomic E-state index is 14.2. The van der Waals surface area contributed by atoms with Crippen LogP contribution in [0.4, 0.5) is 4.39 Å². The van der Waals surface area contributed by atoms with Crippen LogP contribution in [0.5, 0.6) is 0 Å². The lowest BCUT2D eigenvalue weighted by Crippen LogP contribution is -2.40. The predicted molar refractivity (Wildman–Crippen MR) is 101 cm³/mol. The van der Waals surface area contributed by atoms with E-state index in [0.29, 0.717) is 35.7 Å². The molecule has 1 aromatic carbocycles. The van der Waals surface area contributed by atoms with Gasteiger partial charge in [-0.05, 0) is 19.1 Å². The molecule has 0 unspecified atom stereocenters. The molecule has 0 bridgehead atoms. The maximum Gasteiger partial charge on any atom is 0.257 e. The molecule has 1 N–H and O–H groups in total. The SMILES string of the molecule is Cc1nc(-c2nc3c(c(=O)[nH]2)CN(C(=O)c2cccc(Cl)c2F)CC3)cs1. The number of amides is 1. The summed E-state index contributed by atoms with van der Waals surface area (Å²) in [5.74, 6) is -0.834. The number of nitrogens with zero attached hydrogens (tertiary/aromatic N) is 3. The van der Waals surface area contributed by atoms with Crippen LogP contribution in [-0.4, -0.2) is 32.3 Å². The number of benzene rings is 1. The van der Waals surface area contributed by atoms with Crippen LogP contribution in [0.15, 0.2) is 28.4 Å². The molecule has 2 aromatic heterocycles. The molecule has 0 saturated carbocycles. The van der Waals surface area contributed by atoms with Crippen LogP contribution >= 0.6 is 22.9 Å². The van der Waals surface area contributed by atoms with Crippen molar-refractivity contribution in [2.75, 3.05) is 6.54 Å². The zero-order valence-corrected chi connectivity index (χ0v) is 15.8. The summed E-state index contributed by atoms with van der Waals surface area (Å²) < 4.78 is 14.2. The quantitative estimate of drug-likeness (QED) is 0.711. The highest BCUT2D eigenvalue weighted by Crippen LogP contribution is 2.23. The van der Waals surface area contributed by atoms with E-state index in [2.05, 4.69) is 15.0 Å². The van der Waals surface area contributed by atoms with Gasteiger partial charge >= 0.3 is 0 Å². The van der Waals surface area contributed by atoms with E-state index in [-0.39, 0.29) is 22.7 Å². The monoisotopic (exact) mass is 404 g/mol. The fourth-order valence-electron chi connectivity index (χ4n) is 3.03. The van der Waals surface area contributed by atoms with E-state index in [1.807, 2.05) is 12.3 Å². The lowest BCUT2D eigenvalue weighted by molar-refractivity contribution is 0.0728. The van der Waals surface area contributed by atoms with Gasteiger partial charge in [0, 0.05) is 18.3 Å². The highest BCUT2D eigenvalue weighted by atomic mass is 35.5. The molecule has 1 aliphatic heterocycles. The third kappa shape index (κ3) is 3.26. The zero-order chi connectivity index (χ0) is 19.1. The van der Waals surface area contributed by atoms with E-state index in [0.717, 1.165) is 5.01 Å². The van der Waals surface area contributed by atoms with Crippen LogP contribution in [0.2, 0.25) is 5.02 Å². The number of carbonyl (C=O) groups is 1. The van der Waals surface area contributed by atoms with Crippen molar-refractivity contribution >= 4 is 28.8 Å². The number of hydrogen-bond acceptors (Lipinski definition) is 5. The first-order chi connectivity index (χ1) is 12.9. The van der Waals surface area contributed by atoms with Gasteiger partial charge in [0.15, 0.2) is 11.6 Å². The lowest BCUT2D eigenvalue weighted by atomic mass is 10.1. The van der Waals surface area contributed by atoms with Crippen molar-refractivity contribution in [3.8, 4) is 11.5 Å². The first kappa shape index (κ1) is 17.8. The molecule has 0 aliphatic carbocycles. The standard InChI is InChI=1S/C18H14ClFN4O2S/c1-9-21-14(8-27-9)16-22-13-5-6-24(7-11(13)17(25)23-16)18(26)10-3-2-4-12(19)15(10)20/h2-4,8H,5-7H2,1H3,(H,22,23,25). The minimum absolute atomic E-state index is 0.0683. The number of aromatic amines is 1. The Labute approximate surface area is 162 Å². The second kappa shape index (κ2) is 6.86. The molecular weight excluding hydrogens is 391 g/mol. The van der Waals surface area contributed by atoms with Crippen molar-refractivity contribution in [3.63, 3.8) is 0 Å². The van der Waals surface area contributed by atoms with E-state index in [1.54, 1.807) is 0 Å². The molecule has 0 spiro atoms. The Morgan fingerprint density at radius 1 is 1.37 bits per heavy atom. The van der Waals surface area contributed by atoms with Gasteiger partial charge in [-0.3, -0.25) is 9.59 Å². The second-order valence-electron chi connectivity index (χ2n) is 6.17. The lowest BCUT2D eigenvalue weighted by Gasteiger charge is -2.28. The number of thiazole rings is 1. The van der Waals surface area contributed by atoms with Gasteiger partial charge in [-0.15, -0.1) is 11.3 Å². The summed E-state index contributed by atoms with van der Waals surface area (Å²) in [6, 6.07) is 4.29. The summed E-state index contributed by atoms with van der Waals surface area (Å²) in [6.07, 6.45) is 0.406. The summed E-state index contributed by atoms with van der Waals surface area (Å²) in [5, 5.41) is 2.60. The van der Waals surface area contributed by atoms with Gasteiger partial charge in [0.1, 0.15) is 5.69 Å². The summed E-state index contributed by atoms with van der Waals surface area (Å²) in [5.41, 5.74) is 1.24. The number of aromatic nitrogens is 3. The van der Waals surface area contributed by atoms with Crippen LogP contribution < -0.4 is 5.56 Å². The second-order valence-corrected chi connectivity index (χ2v) is 7.64. The minimum atomic E-state index is -0.753. The van der Waals surface area contributed by atoms with Crippen molar-refractivity contribution in [1.29, 1.82) is 0 Å². The van der Waals surface area contributed by atoms with E-state index < -0.39 is 11.7 Å². The van der Waals surface area contributed by atoms with Crippen molar-refractivity contribution in [2.24, 2.45) is 0 Å². The molecule has 3 aromatic rings. The van der Waals surface area contributed by atoms with Crippen LogP contribution in [-0.2, 0) is 13.0 Å². The van der Waals surface area contributed by atoms with Gasteiger partial charge in [0.2, 0.25) is 0 Å². The minimum Gasteiger partial charge on any atom is -0.334 e. The average Bonchev–Trinajstić information content (AvgIpc) is 3.09. The highest BCUT2D eigenvalue weighted by Gasteiger charge is 2.27. The number of hydrogen-bond donors (Lipinski definition) is 1. The maximum atomic E-state index is 14.2. The molecule has 27 heavy (non-hydrogen) atoms. The number of rotatable bonds is 2. The van der Waals surface area contributed by atoms with Crippen LogP contribution in [0.25, 0.3) is 11.5 Å². The largest absolute Gasteiger partial charge is 0.334 e. The van der Waals surface area contributed by atoms with Gasteiger partial charge < -0.3 is 9.88 Å². The Balaban J connectivity index is 1.65. The van der Waals surface area contributed by atoms with E-state index in [4.69, 9.17) is 11.6 Å². The van der Waals surface area contributed by atoms with Gasteiger partial charge in [0.05, 0.1) is 33.4 Å². The van der Waals surface area contributed by atoms with Crippen LogP contribution in [0.1, 0.15) is 26.6 Å². The Bertz CT molecular complexity index is 1110. The molecule has 1 aliphatic rings. The van der Waals surface area contributed by atoms with Crippen LogP contribution in [0.3, 0.4) is 0 Å². The van der Waals surface area contributed by atoms with Gasteiger partial charge in [-0.1, -0.05) is 17.7 Å². The molecule has 0 fully saturated rings. The third-order valence-corrected chi connectivity index (χ3v) is 5.46. The molecular formula is C18H14ClFN4O2S. The zero-order valence-electron chi connectivity index (χ0n) is 14.3. The fourth-order valence-corrected chi connectivity index (χ4v) is 3.80. The molecule has 0 radical (unpaired) electrons. The number of H-pyrrole nitrogens is 1. The molecule has 0 atom stereocenters. The Kier molecular flexibility index (Phi) is 4.53. The summed E-state index contributed by atoms with van der Waals surface area (Å²) >= 11 is 7.24. The van der Waals surface area contributed by atoms with Gasteiger partial charge in [0.25, 0.3) is 11.5 Å². The molecule has 9 heteroatoms. The fraction of sp³-hybridized carbons (Fsp3) is 0.222. The number of aryl methyl sites for hydroxylation is 1.